The lowest BCUT2D eigenvalue weighted by Crippen LogP contribution is -2.17. The zero-order valence-electron chi connectivity index (χ0n) is 16.1. The average molecular weight is 427 g/mol. The molecule has 2 aromatic heterocycles. The van der Waals surface area contributed by atoms with Gasteiger partial charge in [0.2, 0.25) is 11.9 Å². The van der Waals surface area contributed by atoms with Crippen LogP contribution in [0, 0.1) is 0 Å². The van der Waals surface area contributed by atoms with Crippen LogP contribution >= 0.6 is 0 Å². The Balaban J connectivity index is 1.62. The molecule has 10 heteroatoms. The van der Waals surface area contributed by atoms with Gasteiger partial charge < -0.3 is 15.4 Å². The number of rotatable bonds is 5. The summed E-state index contributed by atoms with van der Waals surface area (Å²) in [6.07, 6.45) is -4.77. The molecule has 0 saturated carbocycles. The number of anilines is 3. The second-order valence-electron chi connectivity index (χ2n) is 6.58. The van der Waals surface area contributed by atoms with Gasteiger partial charge in [-0.05, 0) is 48.5 Å². The van der Waals surface area contributed by atoms with Gasteiger partial charge in [-0.1, -0.05) is 18.2 Å². The molecule has 0 bridgehead atoms. The Hall–Kier alpha value is -4.08. The van der Waals surface area contributed by atoms with Crippen molar-refractivity contribution in [3.8, 4) is 17.0 Å². The van der Waals surface area contributed by atoms with Crippen LogP contribution in [0.25, 0.3) is 16.9 Å². The number of nitrogens with zero attached hydrogens (tertiary/aromatic N) is 3. The molecule has 2 N–H and O–H groups in total. The molecule has 0 aliphatic carbocycles. The third-order valence-corrected chi connectivity index (χ3v) is 4.18. The normalized spacial score (nSPS) is 11.4. The quantitative estimate of drug-likeness (QED) is 0.469. The largest absolute Gasteiger partial charge is 0.573 e. The number of hydrogen-bond acceptors (Lipinski definition) is 5. The fourth-order valence-corrected chi connectivity index (χ4v) is 3.00. The van der Waals surface area contributed by atoms with Crippen molar-refractivity contribution in [1.29, 1.82) is 0 Å². The molecular formula is C21H16F3N5O2. The van der Waals surface area contributed by atoms with E-state index in [-0.39, 0.29) is 11.7 Å². The molecule has 4 rings (SSSR count). The van der Waals surface area contributed by atoms with Gasteiger partial charge in [-0.25, -0.2) is 4.52 Å². The fraction of sp³-hybridized carbons (Fsp3) is 0.0952. The summed E-state index contributed by atoms with van der Waals surface area (Å²) in [5.41, 5.74) is 2.91. The lowest BCUT2D eigenvalue weighted by Gasteiger charge is -2.10. The van der Waals surface area contributed by atoms with Gasteiger partial charge in [0.05, 0.1) is 5.69 Å². The van der Waals surface area contributed by atoms with Crippen LogP contribution in [0.1, 0.15) is 6.92 Å². The minimum Gasteiger partial charge on any atom is -0.406 e. The first-order valence-electron chi connectivity index (χ1n) is 9.13. The summed E-state index contributed by atoms with van der Waals surface area (Å²) in [6.45, 7) is 1.43. The third-order valence-electron chi connectivity index (χ3n) is 4.18. The Kier molecular flexibility index (Phi) is 5.20. The summed E-state index contributed by atoms with van der Waals surface area (Å²) in [4.78, 5) is 15.5. The zero-order valence-corrected chi connectivity index (χ0v) is 16.1. The number of benzene rings is 2. The molecule has 0 atom stereocenters. The molecule has 0 aliphatic heterocycles. The van der Waals surface area contributed by atoms with Crippen LogP contribution in [0.2, 0.25) is 0 Å². The van der Waals surface area contributed by atoms with Crippen LogP contribution in [0.15, 0.2) is 66.7 Å². The number of aromatic nitrogens is 3. The molecule has 158 valence electrons. The molecule has 0 radical (unpaired) electrons. The Morgan fingerprint density at radius 3 is 2.42 bits per heavy atom. The Labute approximate surface area is 174 Å². The van der Waals surface area contributed by atoms with E-state index in [0.717, 1.165) is 0 Å². The van der Waals surface area contributed by atoms with Gasteiger partial charge in [-0.2, -0.15) is 4.98 Å². The number of alkyl halides is 3. The molecule has 0 spiro atoms. The van der Waals surface area contributed by atoms with E-state index in [1.54, 1.807) is 48.5 Å². The summed E-state index contributed by atoms with van der Waals surface area (Å²) in [7, 11) is 0. The van der Waals surface area contributed by atoms with Crippen LogP contribution in [0.3, 0.4) is 0 Å². The Bertz CT molecular complexity index is 1240. The molecular weight excluding hydrogens is 411 g/mol. The topological polar surface area (TPSA) is 80.5 Å². The van der Waals surface area contributed by atoms with Crippen LogP contribution in [-0.4, -0.2) is 26.9 Å². The minimum atomic E-state index is -4.77. The highest BCUT2D eigenvalue weighted by atomic mass is 19.4. The predicted octanol–water partition coefficient (Wildman–Crippen LogP) is 5.00. The van der Waals surface area contributed by atoms with E-state index in [0.29, 0.717) is 34.2 Å². The standard InChI is InChI=1S/C21H16F3N5O2/c1-13(30)25-15-8-10-16(11-9-15)26-20-27-19-7-3-6-18(29(19)28-20)14-4-2-5-17(12-14)31-21(22,23)24/h2-12H,1H3,(H,25,30)(H,26,28). The fourth-order valence-electron chi connectivity index (χ4n) is 3.00. The summed E-state index contributed by atoms with van der Waals surface area (Å²) >= 11 is 0. The molecule has 4 aromatic rings. The number of carbonyl (C=O) groups excluding carboxylic acids is 1. The number of fused-ring (bicyclic) bond motifs is 1. The van der Waals surface area contributed by atoms with Crippen molar-refractivity contribution >= 4 is 28.9 Å². The molecule has 0 unspecified atom stereocenters. The van der Waals surface area contributed by atoms with Gasteiger partial charge in [0.1, 0.15) is 5.75 Å². The zero-order chi connectivity index (χ0) is 22.0. The molecule has 0 fully saturated rings. The van der Waals surface area contributed by atoms with Gasteiger partial charge in [0.25, 0.3) is 0 Å². The SMILES string of the molecule is CC(=O)Nc1ccc(Nc2nc3cccc(-c4cccc(OC(F)(F)F)c4)n3n2)cc1. The van der Waals surface area contributed by atoms with Crippen LogP contribution in [0.5, 0.6) is 5.75 Å². The number of pyridine rings is 1. The molecule has 0 aliphatic rings. The predicted molar refractivity (Wildman–Crippen MR) is 109 cm³/mol. The van der Waals surface area contributed by atoms with Crippen molar-refractivity contribution in [2.24, 2.45) is 0 Å². The molecule has 31 heavy (non-hydrogen) atoms. The number of ether oxygens (including phenoxy) is 1. The third kappa shape index (κ3) is 4.92. The van der Waals surface area contributed by atoms with Crippen molar-refractivity contribution in [3.05, 3.63) is 66.7 Å². The summed E-state index contributed by atoms with van der Waals surface area (Å²) < 4.78 is 43.2. The highest BCUT2D eigenvalue weighted by Gasteiger charge is 2.31. The van der Waals surface area contributed by atoms with Gasteiger partial charge in [0, 0.05) is 23.9 Å². The first-order valence-corrected chi connectivity index (χ1v) is 9.13. The number of halogens is 3. The Morgan fingerprint density at radius 2 is 1.71 bits per heavy atom. The van der Waals surface area contributed by atoms with Gasteiger partial charge >= 0.3 is 6.36 Å². The molecule has 1 amide bonds. The molecule has 0 saturated heterocycles. The first kappa shape index (κ1) is 20.2. The van der Waals surface area contributed by atoms with Crippen LogP contribution in [0.4, 0.5) is 30.5 Å². The average Bonchev–Trinajstić information content (AvgIpc) is 3.10. The Morgan fingerprint density at radius 1 is 1.00 bits per heavy atom. The van der Waals surface area contributed by atoms with E-state index in [4.69, 9.17) is 0 Å². The summed E-state index contributed by atoms with van der Waals surface area (Å²) in [6, 6.07) is 17.8. The van der Waals surface area contributed by atoms with Crippen LogP contribution < -0.4 is 15.4 Å². The van der Waals surface area contributed by atoms with Gasteiger partial charge in [-0.3, -0.25) is 4.79 Å². The van der Waals surface area contributed by atoms with Gasteiger partial charge in [0.15, 0.2) is 5.65 Å². The van der Waals surface area contributed by atoms with Crippen molar-refractivity contribution in [1.82, 2.24) is 14.6 Å². The van der Waals surface area contributed by atoms with E-state index < -0.39 is 6.36 Å². The highest BCUT2D eigenvalue weighted by molar-refractivity contribution is 5.88. The second kappa shape index (κ2) is 7.98. The van der Waals surface area contributed by atoms with Crippen LogP contribution in [-0.2, 0) is 4.79 Å². The van der Waals surface area contributed by atoms with E-state index in [2.05, 4.69) is 25.5 Å². The monoisotopic (exact) mass is 427 g/mol. The van der Waals surface area contributed by atoms with Crippen molar-refractivity contribution < 1.29 is 22.7 Å². The van der Waals surface area contributed by atoms with E-state index in [1.807, 2.05) is 0 Å². The van der Waals surface area contributed by atoms with Crippen molar-refractivity contribution in [2.75, 3.05) is 10.6 Å². The van der Waals surface area contributed by atoms with Crippen molar-refractivity contribution in [3.63, 3.8) is 0 Å². The van der Waals surface area contributed by atoms with E-state index in [9.17, 15) is 18.0 Å². The lowest BCUT2D eigenvalue weighted by molar-refractivity contribution is -0.274. The van der Waals surface area contributed by atoms with Gasteiger partial charge in [-0.15, -0.1) is 18.3 Å². The number of hydrogen-bond donors (Lipinski definition) is 2. The molecule has 2 aromatic carbocycles. The number of amides is 1. The number of carbonyl (C=O) groups is 1. The molecule has 7 nitrogen and oxygen atoms in total. The lowest BCUT2D eigenvalue weighted by atomic mass is 10.1. The summed E-state index contributed by atoms with van der Waals surface area (Å²) in [5.74, 6) is -0.179. The van der Waals surface area contributed by atoms with Crippen molar-refractivity contribution in [2.45, 2.75) is 13.3 Å². The minimum absolute atomic E-state index is 0.167. The highest BCUT2D eigenvalue weighted by Crippen LogP contribution is 2.28. The maximum Gasteiger partial charge on any atom is 0.573 e. The smallest absolute Gasteiger partial charge is 0.406 e. The maximum absolute atomic E-state index is 12.5. The maximum atomic E-state index is 12.5. The second-order valence-corrected chi connectivity index (χ2v) is 6.58. The van der Waals surface area contributed by atoms with E-state index in [1.165, 1.54) is 29.6 Å². The number of nitrogens with one attached hydrogen (secondary N) is 2. The molecule has 2 heterocycles. The summed E-state index contributed by atoms with van der Waals surface area (Å²) in [5, 5.41) is 10.2. The van der Waals surface area contributed by atoms with E-state index >= 15 is 0 Å². The first-order chi connectivity index (χ1) is 14.8.